The third-order valence-corrected chi connectivity index (χ3v) is 9.65. The number of nitrogens with zero attached hydrogens (tertiary/aromatic N) is 2. The number of para-hydroxylation sites is 1. The van der Waals surface area contributed by atoms with Gasteiger partial charge in [0.25, 0.3) is 15.9 Å². The van der Waals surface area contributed by atoms with Crippen LogP contribution in [0, 0.1) is 11.7 Å². The number of benzene rings is 3. The Kier molecular flexibility index (Phi) is 12.8. The number of anilines is 2. The standard InChI is InChI=1S/C35H45FN4O7S/c1-24-21-40(25(2)23-41)34(42)31-20-29(38-48(44,45)30-16-13-27(36)14-17-30)15-18-32(31)47-26(3)10-8-9-19-46-33(24)22-39(4)35(43)37-28-11-6-5-7-12-28/h5-7,11-18,20,24-26,33,38,41H,8-10,19,21-23H2,1-4H3,(H,37,43)/t24-,25+,26+,33-/m0/s1. The van der Waals surface area contributed by atoms with Gasteiger partial charge in [0, 0.05) is 44.0 Å². The summed E-state index contributed by atoms with van der Waals surface area (Å²) in [5.41, 5.74) is 0.889. The molecule has 48 heavy (non-hydrogen) atoms. The summed E-state index contributed by atoms with van der Waals surface area (Å²) in [4.78, 5) is 30.3. The van der Waals surface area contributed by atoms with Crippen LogP contribution in [-0.2, 0) is 14.8 Å². The number of fused-ring (bicyclic) bond motifs is 1. The molecule has 13 heteroatoms. The highest BCUT2D eigenvalue weighted by Crippen LogP contribution is 2.29. The maximum atomic E-state index is 14.3. The maximum Gasteiger partial charge on any atom is 0.321 e. The minimum atomic E-state index is -4.10. The largest absolute Gasteiger partial charge is 0.490 e. The lowest BCUT2D eigenvalue weighted by Crippen LogP contribution is -2.48. The van der Waals surface area contributed by atoms with Gasteiger partial charge in [0.05, 0.1) is 35.3 Å². The molecule has 4 atom stereocenters. The molecule has 4 rings (SSSR count). The number of carbonyl (C=O) groups is 2. The summed E-state index contributed by atoms with van der Waals surface area (Å²) < 4.78 is 54.6. The van der Waals surface area contributed by atoms with Crippen molar-refractivity contribution in [3.8, 4) is 5.75 Å². The minimum Gasteiger partial charge on any atom is -0.490 e. The highest BCUT2D eigenvalue weighted by atomic mass is 32.2. The van der Waals surface area contributed by atoms with E-state index in [0.29, 0.717) is 18.7 Å². The van der Waals surface area contributed by atoms with Gasteiger partial charge in [-0.3, -0.25) is 9.52 Å². The van der Waals surface area contributed by atoms with Crippen molar-refractivity contribution in [2.75, 3.05) is 43.4 Å². The first-order valence-electron chi connectivity index (χ1n) is 16.1. The second kappa shape index (κ2) is 16.8. The van der Waals surface area contributed by atoms with E-state index in [2.05, 4.69) is 10.0 Å². The average molecular weight is 685 g/mol. The fourth-order valence-electron chi connectivity index (χ4n) is 5.37. The van der Waals surface area contributed by atoms with Crippen LogP contribution >= 0.6 is 0 Å². The Morgan fingerprint density at radius 3 is 2.46 bits per heavy atom. The van der Waals surface area contributed by atoms with Gasteiger partial charge in [-0.15, -0.1) is 0 Å². The number of hydrogen-bond acceptors (Lipinski definition) is 7. The van der Waals surface area contributed by atoms with Crippen LogP contribution in [0.3, 0.4) is 0 Å². The molecule has 0 aliphatic carbocycles. The van der Waals surface area contributed by atoms with E-state index in [-0.39, 0.29) is 59.6 Å². The Morgan fingerprint density at radius 2 is 1.77 bits per heavy atom. The van der Waals surface area contributed by atoms with Crippen molar-refractivity contribution in [1.29, 1.82) is 0 Å². The monoisotopic (exact) mass is 684 g/mol. The fourth-order valence-corrected chi connectivity index (χ4v) is 6.42. The zero-order valence-electron chi connectivity index (χ0n) is 27.8. The molecule has 1 aliphatic rings. The molecule has 3 aromatic rings. The van der Waals surface area contributed by atoms with Gasteiger partial charge in [0.1, 0.15) is 11.6 Å². The van der Waals surface area contributed by atoms with Crippen LogP contribution in [0.1, 0.15) is 50.4 Å². The molecule has 0 unspecified atom stereocenters. The predicted molar refractivity (Wildman–Crippen MR) is 182 cm³/mol. The highest BCUT2D eigenvalue weighted by molar-refractivity contribution is 7.92. The Bertz CT molecular complexity index is 1630. The van der Waals surface area contributed by atoms with E-state index in [1.807, 2.05) is 32.0 Å². The van der Waals surface area contributed by atoms with Crippen molar-refractivity contribution >= 4 is 33.3 Å². The molecule has 0 fully saturated rings. The van der Waals surface area contributed by atoms with E-state index in [1.165, 1.54) is 17.0 Å². The number of amides is 3. The number of sulfonamides is 1. The molecule has 11 nitrogen and oxygen atoms in total. The molecule has 3 amide bonds. The smallest absolute Gasteiger partial charge is 0.321 e. The van der Waals surface area contributed by atoms with Gasteiger partial charge in [-0.05, 0) is 87.7 Å². The molecule has 0 radical (unpaired) electrons. The van der Waals surface area contributed by atoms with Crippen molar-refractivity contribution < 1.29 is 37.0 Å². The molecule has 0 bridgehead atoms. The number of ether oxygens (including phenoxy) is 2. The Morgan fingerprint density at radius 1 is 1.06 bits per heavy atom. The number of rotatable bonds is 8. The Balaban J connectivity index is 1.63. The van der Waals surface area contributed by atoms with Crippen LogP contribution in [0.15, 0.2) is 77.7 Å². The van der Waals surface area contributed by atoms with Crippen molar-refractivity contribution in [2.45, 2.75) is 63.2 Å². The third-order valence-electron chi connectivity index (χ3n) is 8.25. The van der Waals surface area contributed by atoms with E-state index in [9.17, 15) is 27.5 Å². The molecule has 3 N–H and O–H groups in total. The number of hydrogen-bond donors (Lipinski definition) is 3. The van der Waals surface area contributed by atoms with Crippen LogP contribution in [-0.4, -0.2) is 86.9 Å². The van der Waals surface area contributed by atoms with Crippen molar-refractivity contribution in [3.63, 3.8) is 0 Å². The SMILES string of the molecule is C[C@@H]1CCCCO[C@@H](CN(C)C(=O)Nc2ccccc2)[C@@H](C)CN([C@H](C)CO)C(=O)c2cc(NS(=O)(=O)c3ccc(F)cc3)ccc2O1. The Hall–Kier alpha value is -4.20. The van der Waals surface area contributed by atoms with Gasteiger partial charge in [-0.1, -0.05) is 25.1 Å². The predicted octanol–water partition coefficient (Wildman–Crippen LogP) is 5.59. The van der Waals surface area contributed by atoms with E-state index in [4.69, 9.17) is 9.47 Å². The molecule has 0 saturated heterocycles. The van der Waals surface area contributed by atoms with Crippen LogP contribution < -0.4 is 14.8 Å². The van der Waals surface area contributed by atoms with Crippen LogP contribution in [0.25, 0.3) is 0 Å². The summed E-state index contributed by atoms with van der Waals surface area (Å²) in [5.74, 6) is -1.04. The summed E-state index contributed by atoms with van der Waals surface area (Å²) in [6, 6.07) is 17.1. The zero-order chi connectivity index (χ0) is 34.8. The van der Waals surface area contributed by atoms with Crippen molar-refractivity contribution in [2.24, 2.45) is 5.92 Å². The van der Waals surface area contributed by atoms with Crippen LogP contribution in [0.4, 0.5) is 20.6 Å². The topological polar surface area (TPSA) is 138 Å². The summed E-state index contributed by atoms with van der Waals surface area (Å²) in [6.45, 7) is 6.08. The van der Waals surface area contributed by atoms with Gasteiger partial charge >= 0.3 is 6.03 Å². The number of urea groups is 1. The first-order chi connectivity index (χ1) is 22.9. The molecule has 1 heterocycles. The number of nitrogens with one attached hydrogen (secondary N) is 2. The van der Waals surface area contributed by atoms with E-state index in [0.717, 1.165) is 37.1 Å². The first kappa shape index (κ1) is 36.6. The van der Waals surface area contributed by atoms with Gasteiger partial charge < -0.3 is 29.7 Å². The molecule has 260 valence electrons. The molecular weight excluding hydrogens is 639 g/mol. The normalized spacial score (nSPS) is 20.1. The molecule has 1 aliphatic heterocycles. The fraction of sp³-hybridized carbons (Fsp3) is 0.429. The Labute approximate surface area is 282 Å². The van der Waals surface area contributed by atoms with Crippen molar-refractivity contribution in [3.05, 3.63) is 84.2 Å². The summed E-state index contributed by atoms with van der Waals surface area (Å²) in [5, 5.41) is 13.1. The molecule has 3 aromatic carbocycles. The summed E-state index contributed by atoms with van der Waals surface area (Å²) in [7, 11) is -2.42. The second-order valence-corrected chi connectivity index (χ2v) is 13.9. The molecular formula is C35H45FN4O7S. The van der Waals surface area contributed by atoms with E-state index in [1.54, 1.807) is 37.1 Å². The number of likely N-dealkylation sites (N-methyl/N-ethyl adjacent to an activating group) is 1. The van der Waals surface area contributed by atoms with Gasteiger partial charge in [0.15, 0.2) is 0 Å². The second-order valence-electron chi connectivity index (χ2n) is 12.2. The van der Waals surface area contributed by atoms with Gasteiger partial charge in [-0.25, -0.2) is 17.6 Å². The molecule has 0 aromatic heterocycles. The number of halogens is 1. The first-order valence-corrected chi connectivity index (χ1v) is 17.6. The van der Waals surface area contributed by atoms with Gasteiger partial charge in [-0.2, -0.15) is 0 Å². The lowest BCUT2D eigenvalue weighted by Gasteiger charge is -2.35. The number of aliphatic hydroxyl groups excluding tert-OH is 1. The van der Waals surface area contributed by atoms with Crippen LogP contribution in [0.2, 0.25) is 0 Å². The third kappa shape index (κ3) is 9.91. The quantitative estimate of drug-likeness (QED) is 0.282. The minimum absolute atomic E-state index is 0.112. The summed E-state index contributed by atoms with van der Waals surface area (Å²) >= 11 is 0. The van der Waals surface area contributed by atoms with Gasteiger partial charge in [0.2, 0.25) is 0 Å². The maximum absolute atomic E-state index is 14.3. The molecule has 0 spiro atoms. The zero-order valence-corrected chi connectivity index (χ0v) is 28.6. The molecule has 0 saturated carbocycles. The number of carbonyl (C=O) groups excluding carboxylic acids is 2. The number of aliphatic hydroxyl groups is 1. The lowest BCUT2D eigenvalue weighted by atomic mass is 10.0. The lowest BCUT2D eigenvalue weighted by molar-refractivity contribution is -0.0115. The van der Waals surface area contributed by atoms with Crippen molar-refractivity contribution in [1.82, 2.24) is 9.80 Å². The average Bonchev–Trinajstić information content (AvgIpc) is 3.06. The van der Waals surface area contributed by atoms with E-state index < -0.39 is 33.9 Å². The summed E-state index contributed by atoms with van der Waals surface area (Å²) in [6.07, 6.45) is 1.50. The van der Waals surface area contributed by atoms with E-state index >= 15 is 0 Å². The highest BCUT2D eigenvalue weighted by Gasteiger charge is 2.31. The van der Waals surface area contributed by atoms with Crippen LogP contribution in [0.5, 0.6) is 5.75 Å².